The first-order valence-corrected chi connectivity index (χ1v) is 7.92. The molecule has 0 aliphatic carbocycles. The maximum atomic E-state index is 12.4. The number of piperazine rings is 1. The highest BCUT2D eigenvalue weighted by Crippen LogP contribution is 2.30. The number of carbonyl (C=O) groups excluding carboxylic acids is 2. The second-order valence-corrected chi connectivity index (χ2v) is 5.86. The average Bonchev–Trinajstić information content (AvgIpc) is 3.01. The number of benzene rings is 1. The summed E-state index contributed by atoms with van der Waals surface area (Å²) in [6.07, 6.45) is 0. The molecule has 2 atom stereocenters. The Morgan fingerprint density at radius 3 is 3.04 bits per heavy atom. The van der Waals surface area contributed by atoms with Crippen LogP contribution in [-0.4, -0.2) is 43.1 Å². The van der Waals surface area contributed by atoms with Crippen molar-refractivity contribution < 1.29 is 18.7 Å². The number of nitrogens with one attached hydrogen (secondary N) is 2. The predicted octanol–water partition coefficient (Wildman–Crippen LogP) is 2.03. The van der Waals surface area contributed by atoms with Crippen molar-refractivity contribution in [1.29, 1.82) is 0 Å². The number of urea groups is 1. The Morgan fingerprint density at radius 1 is 1.50 bits per heavy atom. The number of rotatable bonds is 3. The van der Waals surface area contributed by atoms with Crippen LogP contribution in [0.4, 0.5) is 4.79 Å². The molecule has 7 nitrogen and oxygen atoms in total. The van der Waals surface area contributed by atoms with E-state index in [1.165, 1.54) is 4.90 Å². The van der Waals surface area contributed by atoms with E-state index < -0.39 is 6.04 Å². The molecule has 1 saturated heterocycles. The summed E-state index contributed by atoms with van der Waals surface area (Å²) in [7, 11) is 1.59. The third-order valence-electron chi connectivity index (χ3n) is 4.27. The lowest BCUT2D eigenvalue weighted by molar-refractivity contribution is -0.126. The second-order valence-electron chi connectivity index (χ2n) is 5.86. The van der Waals surface area contributed by atoms with E-state index >= 15 is 0 Å². The number of hydrogen-bond acceptors (Lipinski definition) is 4. The van der Waals surface area contributed by atoms with E-state index in [0.717, 1.165) is 5.39 Å². The summed E-state index contributed by atoms with van der Waals surface area (Å²) in [6.45, 7) is 4.51. The van der Waals surface area contributed by atoms with Crippen molar-refractivity contribution in [3.63, 3.8) is 0 Å². The van der Waals surface area contributed by atoms with E-state index in [1.807, 2.05) is 31.2 Å². The summed E-state index contributed by atoms with van der Waals surface area (Å²) in [5, 5.41) is 6.54. The molecular weight excluding hydrogens is 310 g/mol. The van der Waals surface area contributed by atoms with E-state index in [9.17, 15) is 9.59 Å². The smallest absolute Gasteiger partial charge is 0.318 e. The Balaban J connectivity index is 1.76. The van der Waals surface area contributed by atoms with Crippen molar-refractivity contribution in [2.24, 2.45) is 0 Å². The molecular formula is C17H21N3O4. The van der Waals surface area contributed by atoms with Crippen LogP contribution in [0.25, 0.3) is 11.0 Å². The molecule has 0 radical (unpaired) electrons. The Kier molecular flexibility index (Phi) is 4.33. The first kappa shape index (κ1) is 16.2. The van der Waals surface area contributed by atoms with Crippen molar-refractivity contribution in [2.75, 3.05) is 20.2 Å². The summed E-state index contributed by atoms with van der Waals surface area (Å²) in [4.78, 5) is 25.7. The van der Waals surface area contributed by atoms with E-state index in [1.54, 1.807) is 14.0 Å². The number of amides is 3. The van der Waals surface area contributed by atoms with Crippen LogP contribution in [0.5, 0.6) is 5.75 Å². The molecule has 1 aliphatic heterocycles. The molecule has 2 N–H and O–H groups in total. The minimum Gasteiger partial charge on any atom is -0.493 e. The normalized spacial score (nSPS) is 19.0. The van der Waals surface area contributed by atoms with E-state index in [0.29, 0.717) is 30.2 Å². The standard InChI is InChI=1S/C17H21N3O4/c1-10(19-17(22)20-8-7-18-16(21)11(20)2)14-9-12-5-4-6-13(23-3)15(12)24-14/h4-6,9-11H,7-8H2,1-3H3,(H,18,21)(H,19,22). The van der Waals surface area contributed by atoms with Gasteiger partial charge in [-0.25, -0.2) is 4.79 Å². The van der Waals surface area contributed by atoms with Crippen molar-refractivity contribution >= 4 is 22.9 Å². The zero-order valence-electron chi connectivity index (χ0n) is 14.0. The molecule has 2 heterocycles. The van der Waals surface area contributed by atoms with Crippen LogP contribution in [0.3, 0.4) is 0 Å². The van der Waals surface area contributed by atoms with Crippen LogP contribution < -0.4 is 15.4 Å². The third-order valence-corrected chi connectivity index (χ3v) is 4.27. The molecule has 1 aliphatic rings. The van der Waals surface area contributed by atoms with Crippen molar-refractivity contribution in [3.8, 4) is 5.75 Å². The fraction of sp³-hybridized carbons (Fsp3) is 0.412. The molecule has 0 saturated carbocycles. The summed E-state index contributed by atoms with van der Waals surface area (Å²) in [5.41, 5.74) is 0.654. The lowest BCUT2D eigenvalue weighted by Crippen LogP contribution is -2.58. The summed E-state index contributed by atoms with van der Waals surface area (Å²) in [6, 6.07) is 6.43. The van der Waals surface area contributed by atoms with Crippen molar-refractivity contribution in [2.45, 2.75) is 25.9 Å². The van der Waals surface area contributed by atoms with Gasteiger partial charge in [0.25, 0.3) is 0 Å². The molecule has 1 fully saturated rings. The molecule has 128 valence electrons. The zero-order valence-corrected chi connectivity index (χ0v) is 14.0. The van der Waals surface area contributed by atoms with Gasteiger partial charge in [-0.05, 0) is 26.0 Å². The third kappa shape index (κ3) is 2.89. The van der Waals surface area contributed by atoms with E-state index in [2.05, 4.69) is 10.6 Å². The Hall–Kier alpha value is -2.70. The van der Waals surface area contributed by atoms with Gasteiger partial charge < -0.3 is 24.7 Å². The van der Waals surface area contributed by atoms with Gasteiger partial charge in [0.15, 0.2) is 11.3 Å². The maximum absolute atomic E-state index is 12.4. The van der Waals surface area contributed by atoms with Crippen LogP contribution in [0.2, 0.25) is 0 Å². The van der Waals surface area contributed by atoms with Crippen LogP contribution in [0.15, 0.2) is 28.7 Å². The largest absolute Gasteiger partial charge is 0.493 e. The number of para-hydroxylation sites is 1. The van der Waals surface area contributed by atoms with Gasteiger partial charge in [0, 0.05) is 18.5 Å². The fourth-order valence-electron chi connectivity index (χ4n) is 2.83. The van der Waals surface area contributed by atoms with Crippen LogP contribution in [-0.2, 0) is 4.79 Å². The molecule has 0 bridgehead atoms. The number of ether oxygens (including phenoxy) is 1. The van der Waals surface area contributed by atoms with Gasteiger partial charge in [0.2, 0.25) is 5.91 Å². The van der Waals surface area contributed by atoms with Gasteiger partial charge in [-0.2, -0.15) is 0 Å². The molecule has 0 spiro atoms. The quantitative estimate of drug-likeness (QED) is 0.901. The Bertz CT molecular complexity index is 770. The van der Waals surface area contributed by atoms with Crippen LogP contribution in [0, 0.1) is 0 Å². The summed E-state index contributed by atoms with van der Waals surface area (Å²) in [5.74, 6) is 1.15. The van der Waals surface area contributed by atoms with Gasteiger partial charge in [0.05, 0.1) is 13.2 Å². The van der Waals surface area contributed by atoms with Crippen LogP contribution >= 0.6 is 0 Å². The number of nitrogens with zero attached hydrogens (tertiary/aromatic N) is 1. The minimum atomic E-state index is -0.485. The minimum absolute atomic E-state index is 0.141. The highest BCUT2D eigenvalue weighted by atomic mass is 16.5. The number of furan rings is 1. The van der Waals surface area contributed by atoms with Gasteiger partial charge in [0.1, 0.15) is 11.8 Å². The van der Waals surface area contributed by atoms with Crippen LogP contribution in [0.1, 0.15) is 25.6 Å². The zero-order chi connectivity index (χ0) is 17.3. The molecule has 3 rings (SSSR count). The van der Waals surface area contributed by atoms with Gasteiger partial charge in [-0.1, -0.05) is 12.1 Å². The van der Waals surface area contributed by atoms with Gasteiger partial charge in [-0.3, -0.25) is 4.79 Å². The van der Waals surface area contributed by atoms with Crippen molar-refractivity contribution in [1.82, 2.24) is 15.5 Å². The molecule has 1 aromatic carbocycles. The first-order chi connectivity index (χ1) is 11.5. The molecule has 2 unspecified atom stereocenters. The second kappa shape index (κ2) is 6.43. The highest BCUT2D eigenvalue weighted by Gasteiger charge is 2.30. The van der Waals surface area contributed by atoms with E-state index in [4.69, 9.17) is 9.15 Å². The highest BCUT2D eigenvalue weighted by molar-refractivity contribution is 5.88. The predicted molar refractivity (Wildman–Crippen MR) is 88.9 cm³/mol. The maximum Gasteiger partial charge on any atom is 0.318 e. The average molecular weight is 331 g/mol. The summed E-state index contributed by atoms with van der Waals surface area (Å²) >= 11 is 0. The monoisotopic (exact) mass is 331 g/mol. The molecule has 3 amide bonds. The van der Waals surface area contributed by atoms with E-state index in [-0.39, 0.29) is 18.0 Å². The Morgan fingerprint density at radius 2 is 2.29 bits per heavy atom. The SMILES string of the molecule is COc1cccc2cc(C(C)NC(=O)N3CCNC(=O)C3C)oc12. The molecule has 2 aromatic rings. The number of fused-ring (bicyclic) bond motifs is 1. The van der Waals surface area contributed by atoms with Crippen molar-refractivity contribution in [3.05, 3.63) is 30.0 Å². The lowest BCUT2D eigenvalue weighted by atomic mass is 10.2. The Labute approximate surface area is 139 Å². The lowest BCUT2D eigenvalue weighted by Gasteiger charge is -2.33. The molecule has 7 heteroatoms. The number of hydrogen-bond donors (Lipinski definition) is 2. The molecule has 24 heavy (non-hydrogen) atoms. The number of methoxy groups -OCH3 is 1. The molecule has 1 aromatic heterocycles. The fourth-order valence-corrected chi connectivity index (χ4v) is 2.83. The topological polar surface area (TPSA) is 83.8 Å². The number of carbonyl (C=O) groups is 2. The first-order valence-electron chi connectivity index (χ1n) is 7.92. The van der Waals surface area contributed by atoms with Gasteiger partial charge >= 0.3 is 6.03 Å². The van der Waals surface area contributed by atoms with Gasteiger partial charge in [-0.15, -0.1) is 0 Å². The summed E-state index contributed by atoms with van der Waals surface area (Å²) < 4.78 is 11.1.